The van der Waals surface area contributed by atoms with Crippen molar-refractivity contribution in [3.8, 4) is 5.75 Å². The van der Waals surface area contributed by atoms with E-state index in [-0.39, 0.29) is 10.9 Å². The number of hydrogen-bond acceptors (Lipinski definition) is 4. The molecule has 2 aromatic rings. The number of nitrogens with zero attached hydrogens (tertiary/aromatic N) is 2. The van der Waals surface area contributed by atoms with Gasteiger partial charge in [-0.15, -0.1) is 0 Å². The minimum Gasteiger partial charge on any atom is -0.489 e. The van der Waals surface area contributed by atoms with E-state index < -0.39 is 10.0 Å². The van der Waals surface area contributed by atoms with Gasteiger partial charge < -0.3 is 4.74 Å². The van der Waals surface area contributed by atoms with Gasteiger partial charge in [0.25, 0.3) is 10.0 Å². The standard InChI is InChI=1S/C14H17N3O3S/c1-9-8-20-13-7-5-4-6-12(13)17(9)21(18,19)14-10(2)15-16-11(14)3/h4-7,9H,8H2,1-3H3,(H,15,16). The number of aromatic nitrogens is 2. The van der Waals surface area contributed by atoms with Crippen LogP contribution in [0.1, 0.15) is 18.3 Å². The first kappa shape index (κ1) is 13.9. The van der Waals surface area contributed by atoms with Crippen LogP contribution in [0.15, 0.2) is 29.2 Å². The normalized spacial score (nSPS) is 18.2. The van der Waals surface area contributed by atoms with Gasteiger partial charge in [0.2, 0.25) is 0 Å². The van der Waals surface area contributed by atoms with Gasteiger partial charge in [-0.25, -0.2) is 8.42 Å². The predicted octanol–water partition coefficient (Wildman–Crippen LogP) is 2.00. The highest BCUT2D eigenvalue weighted by Crippen LogP contribution is 2.38. The number of rotatable bonds is 2. The van der Waals surface area contributed by atoms with E-state index in [4.69, 9.17) is 4.74 Å². The van der Waals surface area contributed by atoms with Gasteiger partial charge >= 0.3 is 0 Å². The van der Waals surface area contributed by atoms with Crippen molar-refractivity contribution in [3.63, 3.8) is 0 Å². The first-order valence-electron chi connectivity index (χ1n) is 6.70. The molecule has 0 bridgehead atoms. The van der Waals surface area contributed by atoms with Crippen molar-refractivity contribution >= 4 is 15.7 Å². The maximum atomic E-state index is 13.1. The molecule has 0 radical (unpaired) electrons. The highest BCUT2D eigenvalue weighted by atomic mass is 32.2. The van der Waals surface area contributed by atoms with E-state index in [9.17, 15) is 8.42 Å². The number of para-hydroxylation sites is 2. The molecule has 21 heavy (non-hydrogen) atoms. The molecule has 2 heterocycles. The molecule has 6 nitrogen and oxygen atoms in total. The van der Waals surface area contributed by atoms with Crippen molar-refractivity contribution in [2.24, 2.45) is 0 Å². The largest absolute Gasteiger partial charge is 0.489 e. The molecule has 0 spiro atoms. The number of aryl methyl sites for hydroxylation is 2. The van der Waals surface area contributed by atoms with Crippen LogP contribution in [0.5, 0.6) is 5.75 Å². The molecule has 7 heteroatoms. The number of anilines is 1. The first-order chi connectivity index (χ1) is 9.93. The molecule has 1 aromatic heterocycles. The second-order valence-corrected chi connectivity index (χ2v) is 6.94. The summed E-state index contributed by atoms with van der Waals surface area (Å²) in [5.41, 5.74) is 1.59. The Hall–Kier alpha value is -2.02. The van der Waals surface area contributed by atoms with Crippen molar-refractivity contribution in [1.29, 1.82) is 0 Å². The fraction of sp³-hybridized carbons (Fsp3) is 0.357. The average molecular weight is 307 g/mol. The maximum absolute atomic E-state index is 13.1. The molecule has 0 aliphatic carbocycles. The average Bonchev–Trinajstić information content (AvgIpc) is 2.78. The summed E-state index contributed by atoms with van der Waals surface area (Å²) in [5, 5.41) is 6.73. The summed E-state index contributed by atoms with van der Waals surface area (Å²) in [7, 11) is -3.68. The smallest absolute Gasteiger partial charge is 0.268 e. The van der Waals surface area contributed by atoms with Crippen molar-refractivity contribution < 1.29 is 13.2 Å². The molecule has 1 N–H and O–H groups in total. The highest BCUT2D eigenvalue weighted by molar-refractivity contribution is 7.93. The fourth-order valence-electron chi connectivity index (χ4n) is 2.66. The molecular weight excluding hydrogens is 290 g/mol. The van der Waals surface area contributed by atoms with Crippen LogP contribution in [0.3, 0.4) is 0 Å². The van der Waals surface area contributed by atoms with Gasteiger partial charge in [-0.2, -0.15) is 5.10 Å². The second-order valence-electron chi connectivity index (χ2n) is 5.19. The van der Waals surface area contributed by atoms with Crippen LogP contribution < -0.4 is 9.04 Å². The monoisotopic (exact) mass is 307 g/mol. The molecule has 0 saturated carbocycles. The van der Waals surface area contributed by atoms with Gasteiger partial charge in [-0.1, -0.05) is 12.1 Å². The Kier molecular flexibility index (Phi) is 3.16. The number of fused-ring (bicyclic) bond motifs is 1. The number of hydrogen-bond donors (Lipinski definition) is 1. The van der Waals surface area contributed by atoms with E-state index >= 15 is 0 Å². The van der Waals surface area contributed by atoms with E-state index in [2.05, 4.69) is 10.2 Å². The number of ether oxygens (including phenoxy) is 1. The molecule has 112 valence electrons. The van der Waals surface area contributed by atoms with Gasteiger partial charge in [0.1, 0.15) is 17.3 Å². The molecule has 0 amide bonds. The van der Waals surface area contributed by atoms with E-state index in [1.165, 1.54) is 4.31 Å². The van der Waals surface area contributed by atoms with E-state index in [0.29, 0.717) is 29.4 Å². The molecular formula is C14H17N3O3S. The van der Waals surface area contributed by atoms with E-state index in [1.807, 2.05) is 13.0 Å². The first-order valence-corrected chi connectivity index (χ1v) is 8.14. The summed E-state index contributed by atoms with van der Waals surface area (Å²) in [5.74, 6) is 0.581. The Labute approximate surface area is 123 Å². The lowest BCUT2D eigenvalue weighted by Gasteiger charge is -2.35. The number of nitrogens with one attached hydrogen (secondary N) is 1. The lowest BCUT2D eigenvalue weighted by molar-refractivity contribution is 0.281. The van der Waals surface area contributed by atoms with Crippen molar-refractivity contribution in [2.75, 3.05) is 10.9 Å². The molecule has 3 rings (SSSR count). The molecule has 1 atom stereocenters. The zero-order valence-electron chi connectivity index (χ0n) is 12.1. The van der Waals surface area contributed by atoms with Gasteiger partial charge in [0.05, 0.1) is 23.1 Å². The van der Waals surface area contributed by atoms with Crippen LogP contribution in [-0.2, 0) is 10.0 Å². The molecule has 1 unspecified atom stereocenters. The summed E-state index contributed by atoms with van der Waals surface area (Å²) >= 11 is 0. The van der Waals surface area contributed by atoms with Gasteiger partial charge in [-0.05, 0) is 32.9 Å². The van der Waals surface area contributed by atoms with Gasteiger partial charge in [0, 0.05) is 0 Å². The molecule has 1 aromatic carbocycles. The van der Waals surface area contributed by atoms with E-state index in [1.54, 1.807) is 32.0 Å². The summed E-state index contributed by atoms with van der Waals surface area (Å²) < 4.78 is 33.2. The third-order valence-electron chi connectivity index (χ3n) is 3.56. The zero-order valence-corrected chi connectivity index (χ0v) is 12.9. The molecule has 0 saturated heterocycles. The van der Waals surface area contributed by atoms with Crippen molar-refractivity contribution in [2.45, 2.75) is 31.7 Å². The van der Waals surface area contributed by atoms with E-state index in [0.717, 1.165) is 0 Å². The lowest BCUT2D eigenvalue weighted by atomic mass is 10.2. The maximum Gasteiger partial charge on any atom is 0.268 e. The van der Waals surface area contributed by atoms with Crippen LogP contribution in [0.2, 0.25) is 0 Å². The minimum atomic E-state index is -3.68. The number of benzene rings is 1. The Morgan fingerprint density at radius 1 is 1.33 bits per heavy atom. The van der Waals surface area contributed by atoms with Crippen molar-refractivity contribution in [3.05, 3.63) is 35.7 Å². The third-order valence-corrected chi connectivity index (χ3v) is 5.75. The Bertz CT molecular complexity index is 763. The van der Waals surface area contributed by atoms with Crippen LogP contribution in [0.4, 0.5) is 5.69 Å². The van der Waals surface area contributed by atoms with Gasteiger partial charge in [-0.3, -0.25) is 9.40 Å². The minimum absolute atomic E-state index is 0.242. The summed E-state index contributed by atoms with van der Waals surface area (Å²) in [4.78, 5) is 0.242. The summed E-state index contributed by atoms with van der Waals surface area (Å²) in [6, 6.07) is 6.89. The fourth-order valence-corrected chi connectivity index (χ4v) is 4.65. The van der Waals surface area contributed by atoms with Crippen LogP contribution in [0.25, 0.3) is 0 Å². The summed E-state index contributed by atoms with van der Waals surface area (Å²) in [6.45, 7) is 5.56. The quantitative estimate of drug-likeness (QED) is 0.921. The summed E-state index contributed by atoms with van der Waals surface area (Å²) in [6.07, 6.45) is 0. The molecule has 1 aliphatic rings. The van der Waals surface area contributed by atoms with Crippen molar-refractivity contribution in [1.82, 2.24) is 10.2 Å². The SMILES string of the molecule is Cc1n[nH]c(C)c1S(=O)(=O)N1c2ccccc2OCC1C. The van der Waals surface area contributed by atoms with Crippen LogP contribution in [-0.4, -0.2) is 31.3 Å². The Morgan fingerprint density at radius 2 is 2.05 bits per heavy atom. The third kappa shape index (κ3) is 2.08. The Balaban J connectivity index is 2.20. The predicted molar refractivity (Wildman–Crippen MR) is 79.1 cm³/mol. The number of aromatic amines is 1. The van der Waals surface area contributed by atoms with Gasteiger partial charge in [0.15, 0.2) is 0 Å². The van der Waals surface area contributed by atoms with Crippen LogP contribution in [0, 0.1) is 13.8 Å². The zero-order chi connectivity index (χ0) is 15.2. The lowest BCUT2D eigenvalue weighted by Crippen LogP contribution is -2.45. The Morgan fingerprint density at radius 3 is 2.71 bits per heavy atom. The molecule has 0 fully saturated rings. The highest BCUT2D eigenvalue weighted by Gasteiger charge is 2.37. The topological polar surface area (TPSA) is 75.3 Å². The molecule has 1 aliphatic heterocycles. The van der Waals surface area contributed by atoms with Crippen LogP contribution >= 0.6 is 0 Å². The number of sulfonamides is 1. The second kappa shape index (κ2) is 4.77. The number of H-pyrrole nitrogens is 1.